The van der Waals surface area contributed by atoms with E-state index in [1.165, 1.54) is 25.7 Å². The summed E-state index contributed by atoms with van der Waals surface area (Å²) in [5.41, 5.74) is 7.44. The molecule has 15 heavy (non-hydrogen) atoms. The molecule has 3 N–H and O–H groups in total. The lowest BCUT2D eigenvalue weighted by Gasteiger charge is -2.10. The van der Waals surface area contributed by atoms with Crippen LogP contribution in [0.3, 0.4) is 0 Å². The number of nitrogens with two attached hydrogens (primary N) is 1. The average Bonchev–Trinajstić information content (AvgIpc) is 3.00. The number of para-hydroxylation sites is 1. The van der Waals surface area contributed by atoms with E-state index in [-0.39, 0.29) is 0 Å². The summed E-state index contributed by atoms with van der Waals surface area (Å²) in [5.74, 6) is 0.996. The highest BCUT2D eigenvalue weighted by molar-refractivity contribution is 6.33. The third-order valence-corrected chi connectivity index (χ3v) is 3.15. The number of anilines is 2. The predicted molar refractivity (Wildman–Crippen MR) is 66.3 cm³/mol. The van der Waals surface area contributed by atoms with Crippen LogP contribution in [0.5, 0.6) is 0 Å². The zero-order chi connectivity index (χ0) is 10.7. The average molecular weight is 225 g/mol. The van der Waals surface area contributed by atoms with Crippen LogP contribution in [0.4, 0.5) is 11.4 Å². The van der Waals surface area contributed by atoms with Crippen LogP contribution in [0.2, 0.25) is 5.02 Å². The first-order valence-electron chi connectivity index (χ1n) is 5.55. The SMILES string of the molecule is Nc1cccc(Cl)c1NCCCC1CC1. The fourth-order valence-corrected chi connectivity index (χ4v) is 1.99. The van der Waals surface area contributed by atoms with Crippen LogP contribution < -0.4 is 11.1 Å². The van der Waals surface area contributed by atoms with Gasteiger partial charge in [0.25, 0.3) is 0 Å². The molecule has 1 aliphatic carbocycles. The van der Waals surface area contributed by atoms with Crippen molar-refractivity contribution in [1.82, 2.24) is 0 Å². The second-order valence-corrected chi connectivity index (χ2v) is 4.62. The fourth-order valence-electron chi connectivity index (χ4n) is 1.74. The Morgan fingerprint density at radius 3 is 2.87 bits per heavy atom. The minimum absolute atomic E-state index is 0.710. The molecule has 1 fully saturated rings. The second-order valence-electron chi connectivity index (χ2n) is 4.22. The maximum atomic E-state index is 6.04. The summed E-state index contributed by atoms with van der Waals surface area (Å²) in [6.45, 7) is 0.963. The van der Waals surface area contributed by atoms with Gasteiger partial charge in [0.1, 0.15) is 0 Å². The first-order valence-corrected chi connectivity index (χ1v) is 5.93. The summed E-state index contributed by atoms with van der Waals surface area (Å²) in [7, 11) is 0. The van der Waals surface area contributed by atoms with Crippen molar-refractivity contribution in [2.24, 2.45) is 5.92 Å². The van der Waals surface area contributed by atoms with Crippen LogP contribution >= 0.6 is 11.6 Å². The summed E-state index contributed by atoms with van der Waals surface area (Å²) in [4.78, 5) is 0. The lowest BCUT2D eigenvalue weighted by Crippen LogP contribution is -2.04. The zero-order valence-electron chi connectivity index (χ0n) is 8.80. The molecule has 82 valence electrons. The monoisotopic (exact) mass is 224 g/mol. The highest BCUT2D eigenvalue weighted by Gasteiger charge is 2.19. The molecule has 0 amide bonds. The smallest absolute Gasteiger partial charge is 0.0763 e. The van der Waals surface area contributed by atoms with Crippen molar-refractivity contribution < 1.29 is 0 Å². The van der Waals surface area contributed by atoms with Gasteiger partial charge >= 0.3 is 0 Å². The fraction of sp³-hybridized carbons (Fsp3) is 0.500. The van der Waals surface area contributed by atoms with Gasteiger partial charge in [0.2, 0.25) is 0 Å². The van der Waals surface area contributed by atoms with E-state index in [0.717, 1.165) is 23.8 Å². The van der Waals surface area contributed by atoms with Crippen molar-refractivity contribution in [1.29, 1.82) is 0 Å². The number of halogens is 1. The molecule has 2 nitrogen and oxygen atoms in total. The summed E-state index contributed by atoms with van der Waals surface area (Å²) in [5, 5.41) is 4.02. The van der Waals surface area contributed by atoms with Crippen LogP contribution in [0.15, 0.2) is 18.2 Å². The highest BCUT2D eigenvalue weighted by atomic mass is 35.5. The van der Waals surface area contributed by atoms with Crippen molar-refractivity contribution in [3.05, 3.63) is 23.2 Å². The van der Waals surface area contributed by atoms with E-state index in [1.807, 2.05) is 18.2 Å². The number of nitrogens with one attached hydrogen (secondary N) is 1. The van der Waals surface area contributed by atoms with E-state index in [2.05, 4.69) is 5.32 Å². The topological polar surface area (TPSA) is 38.0 Å². The molecular formula is C12H17ClN2. The van der Waals surface area contributed by atoms with E-state index >= 15 is 0 Å². The summed E-state index contributed by atoms with van der Waals surface area (Å²) in [6, 6.07) is 5.60. The molecule has 1 saturated carbocycles. The van der Waals surface area contributed by atoms with E-state index in [1.54, 1.807) is 0 Å². The summed E-state index contributed by atoms with van der Waals surface area (Å²) < 4.78 is 0. The Labute approximate surface area is 95.8 Å². The molecule has 2 rings (SSSR count). The van der Waals surface area contributed by atoms with Gasteiger partial charge in [-0.25, -0.2) is 0 Å². The van der Waals surface area contributed by atoms with Crippen LogP contribution in [0.1, 0.15) is 25.7 Å². The van der Waals surface area contributed by atoms with Crippen LogP contribution in [0, 0.1) is 5.92 Å². The normalized spacial score (nSPS) is 15.3. The number of hydrogen-bond acceptors (Lipinski definition) is 2. The van der Waals surface area contributed by atoms with Gasteiger partial charge in [0.05, 0.1) is 16.4 Å². The number of hydrogen-bond donors (Lipinski definition) is 2. The van der Waals surface area contributed by atoms with E-state index in [0.29, 0.717) is 5.02 Å². The van der Waals surface area contributed by atoms with Gasteiger partial charge < -0.3 is 11.1 Å². The first kappa shape index (κ1) is 10.6. The first-order chi connectivity index (χ1) is 7.27. The molecule has 1 aromatic rings. The molecule has 0 spiro atoms. The van der Waals surface area contributed by atoms with Crippen LogP contribution in [-0.4, -0.2) is 6.54 Å². The summed E-state index contributed by atoms with van der Waals surface area (Å²) >= 11 is 6.04. The third-order valence-electron chi connectivity index (χ3n) is 2.83. The number of rotatable bonds is 5. The minimum atomic E-state index is 0.710. The van der Waals surface area contributed by atoms with Crippen molar-refractivity contribution in [3.63, 3.8) is 0 Å². The van der Waals surface area contributed by atoms with Gasteiger partial charge in [-0.2, -0.15) is 0 Å². The Kier molecular flexibility index (Phi) is 3.37. The van der Waals surface area contributed by atoms with E-state index in [9.17, 15) is 0 Å². The van der Waals surface area contributed by atoms with E-state index < -0.39 is 0 Å². The Morgan fingerprint density at radius 2 is 2.20 bits per heavy atom. The van der Waals surface area contributed by atoms with Crippen LogP contribution in [-0.2, 0) is 0 Å². The molecule has 1 aliphatic rings. The van der Waals surface area contributed by atoms with Crippen LogP contribution in [0.25, 0.3) is 0 Å². The molecular weight excluding hydrogens is 208 g/mol. The molecule has 0 saturated heterocycles. The minimum Gasteiger partial charge on any atom is -0.397 e. The molecule has 0 atom stereocenters. The molecule has 0 heterocycles. The molecule has 1 aromatic carbocycles. The van der Waals surface area contributed by atoms with Gasteiger partial charge in [-0.3, -0.25) is 0 Å². The van der Waals surface area contributed by atoms with Gasteiger partial charge in [-0.1, -0.05) is 30.5 Å². The number of nitrogen functional groups attached to an aromatic ring is 1. The molecule has 0 unspecified atom stereocenters. The van der Waals surface area contributed by atoms with E-state index in [4.69, 9.17) is 17.3 Å². The largest absolute Gasteiger partial charge is 0.397 e. The van der Waals surface area contributed by atoms with Gasteiger partial charge in [-0.15, -0.1) is 0 Å². The quantitative estimate of drug-likeness (QED) is 0.593. The Hall–Kier alpha value is -0.890. The Morgan fingerprint density at radius 1 is 1.40 bits per heavy atom. The maximum Gasteiger partial charge on any atom is 0.0763 e. The lowest BCUT2D eigenvalue weighted by atomic mass is 10.2. The van der Waals surface area contributed by atoms with Crippen molar-refractivity contribution >= 4 is 23.0 Å². The molecule has 0 aromatic heterocycles. The summed E-state index contributed by atoms with van der Waals surface area (Å²) in [6.07, 6.45) is 5.38. The molecule has 0 bridgehead atoms. The standard InChI is InChI=1S/C12H17ClN2/c13-10-4-1-5-11(14)12(10)15-8-2-3-9-6-7-9/h1,4-5,9,15H,2-3,6-8,14H2. The highest BCUT2D eigenvalue weighted by Crippen LogP contribution is 2.33. The lowest BCUT2D eigenvalue weighted by molar-refractivity contribution is 0.687. The van der Waals surface area contributed by atoms with Crippen molar-refractivity contribution in [2.75, 3.05) is 17.6 Å². The van der Waals surface area contributed by atoms with Crippen molar-refractivity contribution in [3.8, 4) is 0 Å². The zero-order valence-corrected chi connectivity index (χ0v) is 9.56. The van der Waals surface area contributed by atoms with Gasteiger partial charge in [0.15, 0.2) is 0 Å². The molecule has 0 aliphatic heterocycles. The van der Waals surface area contributed by atoms with Gasteiger partial charge in [0, 0.05) is 6.54 Å². The van der Waals surface area contributed by atoms with Gasteiger partial charge in [-0.05, 0) is 30.9 Å². The predicted octanol–water partition coefficient (Wildman–Crippen LogP) is 3.52. The second kappa shape index (κ2) is 4.75. The molecule has 3 heteroatoms. The Bertz CT molecular complexity index is 314. The number of benzene rings is 1. The molecule has 0 radical (unpaired) electrons. The third kappa shape index (κ3) is 3.03. The maximum absolute atomic E-state index is 6.04. The van der Waals surface area contributed by atoms with Crippen molar-refractivity contribution in [2.45, 2.75) is 25.7 Å². The Balaban J connectivity index is 1.80.